The maximum absolute atomic E-state index is 16.1. The van der Waals surface area contributed by atoms with Crippen LogP contribution < -0.4 is 10.2 Å². The molecule has 6 rings (SSSR count). The van der Waals surface area contributed by atoms with Crippen molar-refractivity contribution in [3.63, 3.8) is 0 Å². The van der Waals surface area contributed by atoms with Crippen molar-refractivity contribution in [1.29, 1.82) is 0 Å². The van der Waals surface area contributed by atoms with Crippen LogP contribution in [0, 0.1) is 24.7 Å². The molecule has 3 aromatic heterocycles. The second-order valence-electron chi connectivity index (χ2n) is 14.7. The molecular weight excluding hydrogens is 704 g/mol. The van der Waals surface area contributed by atoms with Gasteiger partial charge in [0.15, 0.2) is 5.65 Å². The number of pyridine rings is 2. The highest BCUT2D eigenvalue weighted by Crippen LogP contribution is 2.38. The van der Waals surface area contributed by atoms with E-state index in [2.05, 4.69) is 31.1 Å². The number of nitrogens with one attached hydrogen (secondary N) is 1. The van der Waals surface area contributed by atoms with Crippen molar-refractivity contribution >= 4 is 43.7 Å². The van der Waals surface area contributed by atoms with E-state index in [1.54, 1.807) is 57.4 Å². The second kappa shape index (κ2) is 15.9. The summed E-state index contributed by atoms with van der Waals surface area (Å²) < 4.78 is 50.9. The summed E-state index contributed by atoms with van der Waals surface area (Å²) in [5, 5.41) is 4.58. The van der Waals surface area contributed by atoms with Crippen molar-refractivity contribution in [1.82, 2.24) is 19.3 Å². The Kier molecular flexibility index (Phi) is 11.3. The van der Waals surface area contributed by atoms with Crippen LogP contribution in [0.25, 0.3) is 37.9 Å². The number of carbonyl (C=O) groups excluding carboxylic acids is 1. The Morgan fingerprint density at radius 2 is 1.91 bits per heavy atom. The fraction of sp³-hybridized carbons (Fsp3) is 0.333. The number of ether oxygens (including phenoxy) is 1. The monoisotopic (exact) mass is 749 g/mol. The first-order valence-corrected chi connectivity index (χ1v) is 19.5. The van der Waals surface area contributed by atoms with Gasteiger partial charge in [-0.15, -0.1) is 0 Å². The predicted molar refractivity (Wildman–Crippen MR) is 213 cm³/mol. The van der Waals surface area contributed by atoms with E-state index in [-0.39, 0.29) is 22.0 Å². The lowest BCUT2D eigenvalue weighted by Gasteiger charge is -2.31. The summed E-state index contributed by atoms with van der Waals surface area (Å²) in [6.07, 6.45) is 11.7. The van der Waals surface area contributed by atoms with Crippen molar-refractivity contribution in [3.05, 3.63) is 113 Å². The first-order valence-electron chi connectivity index (χ1n) is 18.1. The summed E-state index contributed by atoms with van der Waals surface area (Å²) in [7, 11) is -4.06. The molecule has 1 N–H and O–H groups in total. The number of fused-ring (bicyclic) bond motifs is 2. The largest absolute Gasteiger partial charge is 0.728 e. The van der Waals surface area contributed by atoms with Gasteiger partial charge in [-0.3, -0.25) is 4.98 Å². The van der Waals surface area contributed by atoms with Crippen LogP contribution in [0.3, 0.4) is 0 Å². The Bertz CT molecular complexity index is 2440. The summed E-state index contributed by atoms with van der Waals surface area (Å²) in [6.45, 7) is 13.6. The molecule has 10 nitrogen and oxygen atoms in total. The van der Waals surface area contributed by atoms with Gasteiger partial charge in [0.05, 0.1) is 9.74 Å². The number of piperidine rings is 1. The first-order chi connectivity index (χ1) is 25.7. The number of nitrogens with zero attached hydrogens (tertiary/aromatic N) is 5. The van der Waals surface area contributed by atoms with Gasteiger partial charge in [0, 0.05) is 66.8 Å². The van der Waals surface area contributed by atoms with E-state index in [1.165, 1.54) is 16.2 Å². The normalized spacial score (nSPS) is 15.5. The molecule has 12 heteroatoms. The Labute approximate surface area is 316 Å². The molecule has 1 unspecified atom stereocenters. The molecule has 0 bridgehead atoms. The summed E-state index contributed by atoms with van der Waals surface area (Å²) >= 11 is 0. The van der Waals surface area contributed by atoms with Crippen LogP contribution in [-0.4, -0.2) is 53.7 Å². The maximum Gasteiger partial charge on any atom is 0.728 e. The molecular formula is C42H46FN6O4S+. The molecule has 0 radical (unpaired) electrons. The molecule has 1 saturated heterocycles. The van der Waals surface area contributed by atoms with Crippen molar-refractivity contribution in [2.75, 3.05) is 24.5 Å². The van der Waals surface area contributed by atoms with Crippen molar-refractivity contribution in [2.24, 2.45) is 5.92 Å². The van der Waals surface area contributed by atoms with E-state index in [4.69, 9.17) is 4.74 Å². The summed E-state index contributed by atoms with van der Waals surface area (Å²) in [5.74, 6) is -0.680. The van der Waals surface area contributed by atoms with Gasteiger partial charge in [-0.2, -0.15) is 4.79 Å². The molecule has 2 aromatic carbocycles. The highest BCUT2D eigenvalue weighted by Gasteiger charge is 2.29. The molecule has 0 saturated carbocycles. The predicted octanol–water partition coefficient (Wildman–Crippen LogP) is 9.03. The van der Waals surface area contributed by atoms with Gasteiger partial charge >= 0.3 is 6.09 Å². The highest BCUT2D eigenvalue weighted by atomic mass is 32.2. The third-order valence-corrected chi connectivity index (χ3v) is 10.8. The van der Waals surface area contributed by atoms with Crippen LogP contribution in [0.5, 0.6) is 0 Å². The van der Waals surface area contributed by atoms with E-state index in [0.29, 0.717) is 48.1 Å². The molecule has 1 fully saturated rings. The molecule has 1 amide bonds. The molecule has 1 aliphatic rings. The number of allylic oxidation sites excluding steroid dienone is 3. The molecule has 0 spiro atoms. The van der Waals surface area contributed by atoms with Crippen LogP contribution in [0.15, 0.2) is 95.8 Å². The first kappa shape index (κ1) is 38.3. The molecule has 54 heavy (non-hydrogen) atoms. The number of hydrogen-bond acceptors (Lipinski definition) is 8. The fourth-order valence-corrected chi connectivity index (χ4v) is 7.86. The highest BCUT2D eigenvalue weighted by molar-refractivity contribution is 7.90. The van der Waals surface area contributed by atoms with Gasteiger partial charge in [0.1, 0.15) is 22.9 Å². The number of benzene rings is 2. The summed E-state index contributed by atoms with van der Waals surface area (Å²) in [6, 6.07) is 16.7. The molecule has 1 aliphatic heterocycles. The zero-order valence-corrected chi connectivity index (χ0v) is 32.4. The summed E-state index contributed by atoms with van der Waals surface area (Å²) in [5.41, 5.74) is 4.49. The average molecular weight is 750 g/mol. The number of rotatable bonds is 9. The van der Waals surface area contributed by atoms with Gasteiger partial charge in [-0.25, -0.2) is 21.8 Å². The van der Waals surface area contributed by atoms with Crippen molar-refractivity contribution in [2.45, 2.75) is 71.4 Å². The standard InChI is InChI=1S/C42H46FN6O4S/c1-7-8-10-29(3)22-44-23-31-19-34-36(27-49(40(34)46-25-31)54(51,52)33-14-12-28(2)13-15-33)32-20-35-38(16-17-45-39(35)37(43)21-32)48-18-9-11-30(26-48)24-47-41(50)53-42(4,5)6/h7-8,10,12-17,19-21,25,27,30,44H,9,11,18,22-23,26H2,1-6H3/q+1/b8-7-,29-10+. The zero-order valence-electron chi connectivity index (χ0n) is 31.6. The number of hydrogen-bond donors (Lipinski definition) is 1. The zero-order chi connectivity index (χ0) is 38.6. The van der Waals surface area contributed by atoms with E-state index in [1.807, 2.05) is 57.2 Å². The third-order valence-electron chi connectivity index (χ3n) is 9.13. The van der Waals surface area contributed by atoms with Gasteiger partial charge in [-0.1, -0.05) is 41.5 Å². The Morgan fingerprint density at radius 1 is 1.13 bits per heavy atom. The Balaban J connectivity index is 1.42. The molecule has 280 valence electrons. The second-order valence-corrected chi connectivity index (χ2v) is 16.5. The van der Waals surface area contributed by atoms with Crippen LogP contribution in [0.4, 0.5) is 14.9 Å². The lowest BCUT2D eigenvalue weighted by Crippen LogP contribution is -2.35. The van der Waals surface area contributed by atoms with E-state index in [9.17, 15) is 13.2 Å². The lowest BCUT2D eigenvalue weighted by atomic mass is 9.97. The Morgan fingerprint density at radius 3 is 2.65 bits per heavy atom. The van der Waals surface area contributed by atoms with Crippen molar-refractivity contribution in [3.8, 4) is 17.2 Å². The minimum atomic E-state index is -4.06. The van der Waals surface area contributed by atoms with Gasteiger partial charge in [0.2, 0.25) is 0 Å². The topological polar surface area (TPSA) is 111 Å². The smallest absolute Gasteiger partial charge is 0.392 e. The number of carbonyl (C=O) groups is 1. The number of amides is 1. The minimum Gasteiger partial charge on any atom is -0.392 e. The van der Waals surface area contributed by atoms with E-state index in [0.717, 1.165) is 35.2 Å². The fourth-order valence-electron chi connectivity index (χ4n) is 6.54. The molecule has 5 aromatic rings. The molecule has 1 atom stereocenters. The number of aromatic nitrogens is 3. The van der Waals surface area contributed by atoms with Crippen LogP contribution in [0.2, 0.25) is 0 Å². The van der Waals surface area contributed by atoms with Crippen molar-refractivity contribution < 1.29 is 22.3 Å². The molecule has 4 heterocycles. The minimum absolute atomic E-state index is 0.121. The number of anilines is 1. The SMILES string of the molecule is C/C=C\C=C(/C)CNCc1cnc2c(c1)c(-c1cc(F)c3nccc(N4CCCC(C#[N+]C(=O)OC(C)(C)C)C4)c3c1)cn2S(=O)(=O)c1ccc(C)cc1. The third kappa shape index (κ3) is 8.70. The Hall–Kier alpha value is -5.38. The number of aryl methyl sites for hydroxylation is 1. The van der Waals surface area contributed by atoms with Crippen LogP contribution >= 0.6 is 0 Å². The van der Waals surface area contributed by atoms with Crippen LogP contribution in [-0.2, 0) is 21.3 Å². The van der Waals surface area contributed by atoms with Gasteiger partial charge in [0.25, 0.3) is 16.1 Å². The van der Waals surface area contributed by atoms with E-state index >= 15 is 4.39 Å². The maximum atomic E-state index is 16.1. The lowest BCUT2D eigenvalue weighted by molar-refractivity contribution is 0.0664. The number of halogens is 1. The van der Waals surface area contributed by atoms with Crippen LogP contribution in [0.1, 0.15) is 58.6 Å². The quantitative estimate of drug-likeness (QED) is 0.149. The van der Waals surface area contributed by atoms with Gasteiger partial charge < -0.3 is 15.0 Å². The average Bonchev–Trinajstić information content (AvgIpc) is 3.52. The molecule has 0 aliphatic carbocycles. The van der Waals surface area contributed by atoms with Gasteiger partial charge in [-0.05, 0) is 102 Å². The van der Waals surface area contributed by atoms with E-state index < -0.39 is 27.5 Å². The summed E-state index contributed by atoms with van der Waals surface area (Å²) in [4.78, 5) is 27.5.